The van der Waals surface area contributed by atoms with Crippen LogP contribution in [0.25, 0.3) is 0 Å². The van der Waals surface area contributed by atoms with Gasteiger partial charge in [0.1, 0.15) is 12.3 Å². The molecule has 0 spiro atoms. The lowest BCUT2D eigenvalue weighted by Gasteiger charge is -2.44. The van der Waals surface area contributed by atoms with Gasteiger partial charge in [-0.05, 0) is 50.7 Å². The Morgan fingerprint density at radius 2 is 2.10 bits per heavy atom. The Hall–Kier alpha value is -2.61. The van der Waals surface area contributed by atoms with E-state index >= 15 is 0 Å². The molecule has 8 heteroatoms. The van der Waals surface area contributed by atoms with E-state index in [4.69, 9.17) is 4.74 Å². The lowest BCUT2D eigenvalue weighted by atomic mass is 9.82. The molecule has 3 rings (SSSR count). The van der Waals surface area contributed by atoms with Gasteiger partial charge in [0, 0.05) is 6.54 Å². The zero-order valence-corrected chi connectivity index (χ0v) is 16.8. The number of fused-ring (bicyclic) bond motifs is 1. The van der Waals surface area contributed by atoms with Crippen molar-refractivity contribution in [2.24, 2.45) is 5.92 Å². The number of hydrogen-bond acceptors (Lipinski definition) is 5. The van der Waals surface area contributed by atoms with E-state index in [0.29, 0.717) is 18.5 Å². The molecule has 2 N–H and O–H groups in total. The molecule has 2 fully saturated rings. The third-order valence-electron chi connectivity index (χ3n) is 5.96. The highest BCUT2D eigenvalue weighted by molar-refractivity contribution is 6.00. The van der Waals surface area contributed by atoms with Crippen molar-refractivity contribution in [3.8, 4) is 0 Å². The summed E-state index contributed by atoms with van der Waals surface area (Å²) in [5, 5.41) is 19.6. The van der Waals surface area contributed by atoms with Crippen molar-refractivity contribution in [1.29, 1.82) is 0 Å². The SMILES string of the molecule is C=CCOC(=O)N1CCCCC1C=C(C)C1=C(C(=O)O)N2C(=O)[C@H]([C@@H](C)O)[C@H]2C1. The molecule has 1 unspecified atom stereocenters. The number of aliphatic hydroxyl groups excluding tert-OH is 1. The minimum absolute atomic E-state index is 0.0118. The van der Waals surface area contributed by atoms with Gasteiger partial charge in [0.15, 0.2) is 0 Å². The molecule has 8 nitrogen and oxygen atoms in total. The Bertz CT molecular complexity index is 784. The van der Waals surface area contributed by atoms with Crippen LogP contribution in [0, 0.1) is 5.92 Å². The summed E-state index contributed by atoms with van der Waals surface area (Å²) in [5.74, 6) is -2.08. The summed E-state index contributed by atoms with van der Waals surface area (Å²) in [7, 11) is 0. The van der Waals surface area contributed by atoms with Crippen molar-refractivity contribution < 1.29 is 29.3 Å². The van der Waals surface area contributed by atoms with Crippen LogP contribution in [0.15, 0.2) is 35.6 Å². The first kappa shape index (κ1) is 21.1. The number of likely N-dealkylation sites (tertiary alicyclic amines) is 1. The normalized spacial score (nSPS) is 28.0. The number of ether oxygens (including phenoxy) is 1. The molecular formula is C21H28N2O6. The number of allylic oxidation sites excluding steroid dienone is 1. The number of carbonyl (C=O) groups excluding carboxylic acids is 2. The van der Waals surface area contributed by atoms with E-state index in [1.54, 1.807) is 11.8 Å². The minimum atomic E-state index is -1.15. The average molecular weight is 404 g/mol. The predicted molar refractivity (Wildman–Crippen MR) is 105 cm³/mol. The zero-order chi connectivity index (χ0) is 21.3. The molecule has 29 heavy (non-hydrogen) atoms. The van der Waals surface area contributed by atoms with Gasteiger partial charge in [-0.15, -0.1) is 0 Å². The van der Waals surface area contributed by atoms with Gasteiger partial charge in [0.25, 0.3) is 0 Å². The molecule has 158 valence electrons. The lowest BCUT2D eigenvalue weighted by Crippen LogP contribution is -2.61. The fourth-order valence-corrected chi connectivity index (χ4v) is 4.58. The molecule has 0 aliphatic carbocycles. The fourth-order valence-electron chi connectivity index (χ4n) is 4.58. The summed E-state index contributed by atoms with van der Waals surface area (Å²) in [6, 6.07) is -0.521. The maximum Gasteiger partial charge on any atom is 0.410 e. The van der Waals surface area contributed by atoms with E-state index in [9.17, 15) is 24.6 Å². The molecule has 0 saturated carbocycles. The monoisotopic (exact) mass is 404 g/mol. The second-order valence-corrected chi connectivity index (χ2v) is 7.85. The van der Waals surface area contributed by atoms with Crippen LogP contribution in [0.1, 0.15) is 39.5 Å². The Morgan fingerprint density at radius 3 is 2.72 bits per heavy atom. The highest BCUT2D eigenvalue weighted by Gasteiger charge is 2.56. The molecule has 0 aromatic rings. The van der Waals surface area contributed by atoms with Gasteiger partial charge in [0.2, 0.25) is 5.91 Å². The third-order valence-corrected chi connectivity index (χ3v) is 5.96. The first-order valence-electron chi connectivity index (χ1n) is 9.98. The number of hydrogen-bond donors (Lipinski definition) is 2. The van der Waals surface area contributed by atoms with Crippen LogP contribution >= 0.6 is 0 Å². The summed E-state index contributed by atoms with van der Waals surface area (Å²) >= 11 is 0. The summed E-state index contributed by atoms with van der Waals surface area (Å²) in [4.78, 5) is 39.6. The number of amides is 2. The Labute approximate surface area is 170 Å². The zero-order valence-electron chi connectivity index (χ0n) is 16.8. The Balaban J connectivity index is 1.86. The maximum atomic E-state index is 12.4. The first-order chi connectivity index (χ1) is 13.8. The summed E-state index contributed by atoms with van der Waals surface area (Å²) in [6.45, 7) is 7.63. The van der Waals surface area contributed by atoms with Crippen molar-refractivity contribution >= 4 is 18.0 Å². The van der Waals surface area contributed by atoms with E-state index in [2.05, 4.69) is 6.58 Å². The number of nitrogens with zero attached hydrogens (tertiary/aromatic N) is 2. The Kier molecular flexibility index (Phi) is 6.12. The van der Waals surface area contributed by atoms with Crippen molar-refractivity contribution in [2.45, 2.75) is 57.7 Å². The molecule has 2 saturated heterocycles. The van der Waals surface area contributed by atoms with Gasteiger partial charge < -0.3 is 24.7 Å². The standard InChI is InChI=1S/C21H28N2O6/c1-4-9-29-21(28)22-8-6-5-7-14(22)10-12(2)15-11-16-17(13(3)24)19(25)23(16)18(15)20(26)27/h4,10,13-14,16-17,24H,1,5-9,11H2,2-3H3,(H,26,27)/t13-,14?,16-,17-/m1/s1. The number of piperidine rings is 1. The third kappa shape index (κ3) is 3.81. The molecule has 3 aliphatic rings. The van der Waals surface area contributed by atoms with E-state index in [1.807, 2.05) is 13.0 Å². The highest BCUT2D eigenvalue weighted by atomic mass is 16.6. The second-order valence-electron chi connectivity index (χ2n) is 7.85. The second kappa shape index (κ2) is 8.41. The van der Waals surface area contributed by atoms with Crippen LogP contribution in [0.2, 0.25) is 0 Å². The number of carboxylic acid groups (broad SMARTS) is 1. The van der Waals surface area contributed by atoms with E-state index in [-0.39, 0.29) is 30.3 Å². The number of carboxylic acids is 1. The smallest absolute Gasteiger partial charge is 0.410 e. The number of aliphatic carboxylic acids is 1. The van der Waals surface area contributed by atoms with Gasteiger partial charge >= 0.3 is 12.1 Å². The first-order valence-corrected chi connectivity index (χ1v) is 9.98. The summed E-state index contributed by atoms with van der Waals surface area (Å²) in [5.41, 5.74) is 1.31. The summed E-state index contributed by atoms with van der Waals surface area (Å²) in [6.07, 6.45) is 5.18. The lowest BCUT2D eigenvalue weighted by molar-refractivity contribution is -0.161. The van der Waals surface area contributed by atoms with Crippen LogP contribution in [0.5, 0.6) is 0 Å². The summed E-state index contributed by atoms with van der Waals surface area (Å²) < 4.78 is 5.18. The van der Waals surface area contributed by atoms with Crippen LogP contribution in [0.4, 0.5) is 4.79 Å². The number of β-lactam (4-membered cyclic amide) rings is 1. The van der Waals surface area contributed by atoms with Gasteiger partial charge in [-0.3, -0.25) is 4.79 Å². The van der Waals surface area contributed by atoms with Crippen molar-refractivity contribution in [3.63, 3.8) is 0 Å². The fraction of sp³-hybridized carbons (Fsp3) is 0.571. The number of carbonyl (C=O) groups is 3. The van der Waals surface area contributed by atoms with Gasteiger partial charge in [-0.25, -0.2) is 9.59 Å². The van der Waals surface area contributed by atoms with Gasteiger partial charge in [-0.1, -0.05) is 18.7 Å². The molecule has 0 aromatic carbocycles. The largest absolute Gasteiger partial charge is 0.477 e. The minimum Gasteiger partial charge on any atom is -0.477 e. The molecule has 0 aromatic heterocycles. The van der Waals surface area contributed by atoms with Gasteiger partial charge in [-0.2, -0.15) is 0 Å². The molecule has 0 bridgehead atoms. The molecule has 0 radical (unpaired) electrons. The van der Waals surface area contributed by atoms with E-state index in [0.717, 1.165) is 24.8 Å². The molecule has 3 heterocycles. The van der Waals surface area contributed by atoms with Crippen molar-refractivity contribution in [1.82, 2.24) is 9.80 Å². The predicted octanol–water partition coefficient (Wildman–Crippen LogP) is 2.06. The highest BCUT2D eigenvalue weighted by Crippen LogP contribution is 2.45. The van der Waals surface area contributed by atoms with E-state index in [1.165, 1.54) is 11.0 Å². The maximum absolute atomic E-state index is 12.4. The topological polar surface area (TPSA) is 107 Å². The molecule has 4 atom stereocenters. The number of rotatable bonds is 6. The Morgan fingerprint density at radius 1 is 1.38 bits per heavy atom. The van der Waals surface area contributed by atoms with Gasteiger partial charge in [0.05, 0.1) is 24.1 Å². The van der Waals surface area contributed by atoms with Crippen LogP contribution in [-0.4, -0.2) is 69.3 Å². The van der Waals surface area contributed by atoms with Crippen molar-refractivity contribution in [3.05, 3.63) is 35.6 Å². The van der Waals surface area contributed by atoms with Crippen molar-refractivity contribution in [2.75, 3.05) is 13.2 Å². The molecule has 2 amide bonds. The van der Waals surface area contributed by atoms with Crippen LogP contribution < -0.4 is 0 Å². The number of aliphatic hydroxyl groups is 1. The van der Waals surface area contributed by atoms with E-state index < -0.39 is 24.1 Å². The molecular weight excluding hydrogens is 376 g/mol. The average Bonchev–Trinajstić information content (AvgIpc) is 3.01. The molecule has 3 aliphatic heterocycles. The van der Waals surface area contributed by atoms with Crippen LogP contribution in [-0.2, 0) is 14.3 Å². The van der Waals surface area contributed by atoms with Crippen LogP contribution in [0.3, 0.4) is 0 Å². The quantitative estimate of drug-likeness (QED) is 0.518.